The van der Waals surface area contributed by atoms with E-state index in [4.69, 9.17) is 36.1 Å². The number of ether oxygens (including phenoxy) is 4. The van der Waals surface area contributed by atoms with Gasteiger partial charge in [-0.3, -0.25) is 4.79 Å². The van der Waals surface area contributed by atoms with E-state index in [0.717, 1.165) is 0 Å². The maximum absolute atomic E-state index is 13.5. The van der Waals surface area contributed by atoms with Crippen LogP contribution in [0.1, 0.15) is 26.7 Å². The van der Waals surface area contributed by atoms with E-state index in [0.29, 0.717) is 25.1 Å². The van der Waals surface area contributed by atoms with Crippen LogP contribution >= 0.6 is 0 Å². The van der Waals surface area contributed by atoms with Crippen molar-refractivity contribution in [1.29, 1.82) is 0 Å². The number of nitrogens with two attached hydrogens (primary N) is 3. The quantitative estimate of drug-likeness (QED) is 0.189. The maximum atomic E-state index is 13.5. The van der Waals surface area contributed by atoms with Crippen molar-refractivity contribution in [3.8, 4) is 0 Å². The molecule has 0 spiro atoms. The lowest BCUT2D eigenvalue weighted by atomic mass is 9.84. The molecule has 12 heteroatoms. The normalized spacial score (nSPS) is 44.3. The smallest absolute Gasteiger partial charge is 0.215 e. The van der Waals surface area contributed by atoms with Gasteiger partial charge < -0.3 is 57.0 Å². The van der Waals surface area contributed by atoms with E-state index in [-0.39, 0.29) is 13.2 Å². The van der Waals surface area contributed by atoms with Crippen molar-refractivity contribution in [2.45, 2.75) is 87.3 Å². The van der Waals surface area contributed by atoms with E-state index >= 15 is 0 Å². The fourth-order valence-corrected chi connectivity index (χ4v) is 4.67. The third kappa shape index (κ3) is 5.73. The number of hydrogen-bond acceptors (Lipinski definition) is 12. The van der Waals surface area contributed by atoms with Crippen LogP contribution in [-0.2, 0) is 23.7 Å². The highest BCUT2D eigenvalue weighted by atomic mass is 16.7. The van der Waals surface area contributed by atoms with E-state index in [1.165, 1.54) is 0 Å². The lowest BCUT2D eigenvalue weighted by molar-refractivity contribution is -0.282. The summed E-state index contributed by atoms with van der Waals surface area (Å²) < 4.78 is 23.3. The Labute approximate surface area is 194 Å². The van der Waals surface area contributed by atoms with E-state index in [9.17, 15) is 15.0 Å². The molecule has 0 amide bonds. The largest absolute Gasteiger partial charge is 0.467 e. The first-order chi connectivity index (χ1) is 15.6. The Bertz CT molecular complexity index is 708. The average Bonchev–Trinajstić information content (AvgIpc) is 2.76. The van der Waals surface area contributed by atoms with Crippen LogP contribution in [0.3, 0.4) is 0 Å². The SMILES string of the molecule is CCN[C@@H]1C[C@H](N)[C@@H](O[C@H]2OC(CN)=CC[C@H]2N)C(=O)[C@H]1O[C@H]1OC[C@](C)(O)[C@H](NC)[C@H]1O. The average molecular weight is 474 g/mol. The van der Waals surface area contributed by atoms with Crippen molar-refractivity contribution in [3.05, 3.63) is 11.8 Å². The number of nitrogens with one attached hydrogen (secondary N) is 2. The van der Waals surface area contributed by atoms with Crippen molar-refractivity contribution >= 4 is 5.78 Å². The molecule has 0 bridgehead atoms. The third-order valence-electron chi connectivity index (χ3n) is 6.45. The number of Topliss-reactive ketones (excluding diaryl/α,β-unsaturated/α-hetero) is 1. The fraction of sp³-hybridized carbons (Fsp3) is 0.857. The summed E-state index contributed by atoms with van der Waals surface area (Å²) in [4.78, 5) is 13.5. The Morgan fingerprint density at radius 1 is 1.24 bits per heavy atom. The molecule has 1 saturated carbocycles. The molecule has 10 atom stereocenters. The van der Waals surface area contributed by atoms with Crippen molar-refractivity contribution < 1.29 is 34.0 Å². The minimum Gasteiger partial charge on any atom is -0.467 e. The topological polar surface area (TPSA) is 197 Å². The minimum atomic E-state index is -1.30. The number of likely N-dealkylation sites (N-methyl/N-ethyl adjacent to an activating group) is 2. The molecule has 3 aliphatic rings. The van der Waals surface area contributed by atoms with Crippen LogP contribution in [0.4, 0.5) is 0 Å². The Balaban J connectivity index is 1.76. The Kier molecular flexibility index (Phi) is 8.83. The number of rotatable bonds is 8. The van der Waals surface area contributed by atoms with Gasteiger partial charge >= 0.3 is 0 Å². The molecular formula is C21H39N5O7. The number of aliphatic hydroxyl groups is 2. The molecule has 10 N–H and O–H groups in total. The van der Waals surface area contributed by atoms with Crippen LogP contribution in [-0.4, -0.2) is 103 Å². The molecule has 2 aliphatic heterocycles. The standard InChI is InChI=1S/C21H39N5O7/c1-4-26-13-7-12(24)16(32-19-11(23)6-5-10(8-22)31-19)14(27)17(13)33-20-15(28)18(25-3)21(2,29)9-30-20/h5,11-13,15-20,25-26,28-29H,4,6-9,22-24H2,1-3H3/t11-,12+,13-,15-,16-,17+,18-,19-,20-,21+/m1/s1. The summed E-state index contributed by atoms with van der Waals surface area (Å²) in [6.07, 6.45) is -2.56. The first kappa shape index (κ1) is 26.4. The summed E-state index contributed by atoms with van der Waals surface area (Å²) in [5.41, 5.74) is 16.8. The van der Waals surface area contributed by atoms with Gasteiger partial charge in [-0.05, 0) is 39.4 Å². The van der Waals surface area contributed by atoms with Crippen LogP contribution in [0.5, 0.6) is 0 Å². The van der Waals surface area contributed by atoms with E-state index < -0.39 is 66.4 Å². The maximum Gasteiger partial charge on any atom is 0.215 e. The first-order valence-electron chi connectivity index (χ1n) is 11.5. The summed E-state index contributed by atoms with van der Waals surface area (Å²) in [5.74, 6) is 0.147. The second-order valence-corrected chi connectivity index (χ2v) is 9.13. The number of carbonyl (C=O) groups excluding carboxylic acids is 1. The molecular weight excluding hydrogens is 434 g/mol. The summed E-state index contributed by atoms with van der Waals surface area (Å²) in [5, 5.41) is 27.4. The molecule has 190 valence electrons. The molecule has 1 aliphatic carbocycles. The molecule has 0 radical (unpaired) electrons. The Morgan fingerprint density at radius 3 is 2.58 bits per heavy atom. The lowest BCUT2D eigenvalue weighted by Crippen LogP contribution is -2.68. The summed E-state index contributed by atoms with van der Waals surface area (Å²) in [7, 11) is 1.62. The van der Waals surface area contributed by atoms with Crippen LogP contribution in [0.25, 0.3) is 0 Å². The van der Waals surface area contributed by atoms with Crippen molar-refractivity contribution in [2.24, 2.45) is 17.2 Å². The predicted octanol–water partition coefficient (Wildman–Crippen LogP) is -2.99. The van der Waals surface area contributed by atoms with Gasteiger partial charge in [0.2, 0.25) is 6.29 Å². The third-order valence-corrected chi connectivity index (χ3v) is 6.45. The van der Waals surface area contributed by atoms with Gasteiger partial charge in [0.15, 0.2) is 12.1 Å². The molecule has 3 rings (SSSR count). The molecule has 1 saturated heterocycles. The summed E-state index contributed by atoms with van der Waals surface area (Å²) >= 11 is 0. The molecule has 2 fully saturated rings. The second kappa shape index (κ2) is 11.0. The van der Waals surface area contributed by atoms with Gasteiger partial charge in [0.05, 0.1) is 25.2 Å². The van der Waals surface area contributed by atoms with Gasteiger partial charge in [-0.15, -0.1) is 0 Å². The van der Waals surface area contributed by atoms with Gasteiger partial charge in [-0.25, -0.2) is 0 Å². The predicted molar refractivity (Wildman–Crippen MR) is 119 cm³/mol. The molecule has 0 aromatic rings. The highest BCUT2D eigenvalue weighted by molar-refractivity contribution is 5.90. The number of aliphatic hydroxyl groups excluding tert-OH is 1. The second-order valence-electron chi connectivity index (χ2n) is 9.13. The Hall–Kier alpha value is -1.19. The van der Waals surface area contributed by atoms with Crippen molar-refractivity contribution in [3.63, 3.8) is 0 Å². The van der Waals surface area contributed by atoms with Crippen molar-refractivity contribution in [2.75, 3.05) is 26.7 Å². The Morgan fingerprint density at radius 2 is 1.94 bits per heavy atom. The van der Waals surface area contributed by atoms with Gasteiger partial charge in [0.25, 0.3) is 0 Å². The highest BCUT2D eigenvalue weighted by Gasteiger charge is 2.51. The van der Waals surface area contributed by atoms with Crippen LogP contribution < -0.4 is 27.8 Å². The number of hydrogen-bond donors (Lipinski definition) is 7. The zero-order valence-electron chi connectivity index (χ0n) is 19.5. The van der Waals surface area contributed by atoms with Gasteiger partial charge in [-0.1, -0.05) is 6.92 Å². The number of ketones is 1. The highest BCUT2D eigenvalue weighted by Crippen LogP contribution is 2.30. The van der Waals surface area contributed by atoms with E-state index in [1.54, 1.807) is 20.0 Å². The monoisotopic (exact) mass is 473 g/mol. The van der Waals surface area contributed by atoms with Crippen molar-refractivity contribution in [1.82, 2.24) is 10.6 Å². The van der Waals surface area contributed by atoms with Gasteiger partial charge in [-0.2, -0.15) is 0 Å². The molecule has 12 nitrogen and oxygen atoms in total. The zero-order valence-corrected chi connectivity index (χ0v) is 19.5. The molecule has 2 heterocycles. The summed E-state index contributed by atoms with van der Waals surface area (Å²) in [6.45, 7) is 4.16. The summed E-state index contributed by atoms with van der Waals surface area (Å²) in [6, 6.07) is -2.22. The number of carbonyl (C=O) groups is 1. The molecule has 0 unspecified atom stereocenters. The molecule has 0 aromatic carbocycles. The lowest BCUT2D eigenvalue weighted by Gasteiger charge is -2.46. The zero-order chi connectivity index (χ0) is 24.3. The van der Waals surface area contributed by atoms with E-state index in [2.05, 4.69) is 10.6 Å². The van der Waals surface area contributed by atoms with E-state index in [1.807, 2.05) is 6.92 Å². The van der Waals surface area contributed by atoms with Crippen LogP contribution in [0, 0.1) is 0 Å². The fourth-order valence-electron chi connectivity index (χ4n) is 4.67. The minimum absolute atomic E-state index is 0.0779. The van der Waals surface area contributed by atoms with Gasteiger partial charge in [0, 0.05) is 12.1 Å². The molecule has 0 aromatic heterocycles. The van der Waals surface area contributed by atoms with Crippen LogP contribution in [0.15, 0.2) is 11.8 Å². The van der Waals surface area contributed by atoms with Gasteiger partial charge in [0.1, 0.15) is 29.7 Å². The van der Waals surface area contributed by atoms with Crippen LogP contribution in [0.2, 0.25) is 0 Å². The first-order valence-corrected chi connectivity index (χ1v) is 11.5. The molecule has 33 heavy (non-hydrogen) atoms.